The Morgan fingerprint density at radius 2 is 1.93 bits per heavy atom. The number of pyridine rings is 2. The number of nitrogens with one attached hydrogen (secondary N) is 2. The number of hydrazine groups is 1. The average molecular weight is 186 g/mol. The Hall–Kier alpha value is -2.10. The van der Waals surface area contributed by atoms with E-state index < -0.39 is 0 Å². The van der Waals surface area contributed by atoms with Gasteiger partial charge in [0.15, 0.2) is 0 Å². The Kier molecular flexibility index (Phi) is 2.56. The van der Waals surface area contributed by atoms with Crippen LogP contribution in [-0.2, 0) is 0 Å². The van der Waals surface area contributed by atoms with E-state index in [1.807, 2.05) is 30.3 Å². The fourth-order valence-electron chi connectivity index (χ4n) is 1.01. The Labute approximate surface area is 82.0 Å². The minimum atomic E-state index is 0.774. The zero-order chi connectivity index (χ0) is 9.64. The van der Waals surface area contributed by atoms with Gasteiger partial charge in [-0.05, 0) is 24.3 Å². The van der Waals surface area contributed by atoms with Gasteiger partial charge in [0, 0.05) is 12.4 Å². The van der Waals surface area contributed by atoms with Crippen molar-refractivity contribution in [3.8, 4) is 0 Å². The number of anilines is 2. The van der Waals surface area contributed by atoms with E-state index in [9.17, 15) is 0 Å². The van der Waals surface area contributed by atoms with Crippen molar-refractivity contribution in [3.63, 3.8) is 0 Å². The predicted octanol–water partition coefficient (Wildman–Crippen LogP) is 1.92. The molecule has 0 aliphatic rings. The van der Waals surface area contributed by atoms with Gasteiger partial charge < -0.3 is 0 Å². The van der Waals surface area contributed by atoms with E-state index in [-0.39, 0.29) is 0 Å². The molecular weight excluding hydrogens is 176 g/mol. The minimum absolute atomic E-state index is 0.774. The molecule has 0 bridgehead atoms. The number of nitrogens with zero attached hydrogens (tertiary/aromatic N) is 2. The predicted molar refractivity (Wildman–Crippen MR) is 55.7 cm³/mol. The molecule has 0 aromatic carbocycles. The van der Waals surface area contributed by atoms with Crippen LogP contribution in [0.3, 0.4) is 0 Å². The summed E-state index contributed by atoms with van der Waals surface area (Å²) in [4.78, 5) is 8.07. The molecule has 0 aliphatic heterocycles. The van der Waals surface area contributed by atoms with Crippen LogP contribution in [-0.4, -0.2) is 9.97 Å². The molecule has 2 rings (SSSR count). The summed E-state index contributed by atoms with van der Waals surface area (Å²) >= 11 is 0. The highest BCUT2D eigenvalue weighted by molar-refractivity contribution is 5.47. The van der Waals surface area contributed by atoms with Gasteiger partial charge in [0.05, 0.1) is 11.9 Å². The van der Waals surface area contributed by atoms with Crippen molar-refractivity contribution in [2.24, 2.45) is 0 Å². The first-order valence-corrected chi connectivity index (χ1v) is 4.28. The lowest BCUT2D eigenvalue weighted by molar-refractivity contribution is 1.25. The van der Waals surface area contributed by atoms with Crippen molar-refractivity contribution < 1.29 is 0 Å². The van der Waals surface area contributed by atoms with Gasteiger partial charge in [-0.25, -0.2) is 4.98 Å². The molecule has 70 valence electrons. The number of hydrogen-bond acceptors (Lipinski definition) is 4. The van der Waals surface area contributed by atoms with E-state index in [1.165, 1.54) is 0 Å². The van der Waals surface area contributed by atoms with Crippen molar-refractivity contribution in [2.75, 3.05) is 10.9 Å². The highest BCUT2D eigenvalue weighted by Gasteiger charge is 1.90. The third-order valence-electron chi connectivity index (χ3n) is 1.66. The summed E-state index contributed by atoms with van der Waals surface area (Å²) in [6.45, 7) is 0. The third-order valence-corrected chi connectivity index (χ3v) is 1.66. The highest BCUT2D eigenvalue weighted by Crippen LogP contribution is 2.04. The molecule has 0 atom stereocenters. The van der Waals surface area contributed by atoms with Crippen LogP contribution in [0.15, 0.2) is 48.9 Å². The molecule has 0 saturated carbocycles. The van der Waals surface area contributed by atoms with Crippen molar-refractivity contribution in [1.82, 2.24) is 9.97 Å². The van der Waals surface area contributed by atoms with Gasteiger partial charge in [-0.1, -0.05) is 6.07 Å². The van der Waals surface area contributed by atoms with Gasteiger partial charge in [-0.15, -0.1) is 0 Å². The lowest BCUT2D eigenvalue weighted by atomic mass is 10.4. The van der Waals surface area contributed by atoms with E-state index >= 15 is 0 Å². The molecule has 2 heterocycles. The summed E-state index contributed by atoms with van der Waals surface area (Å²) in [5.74, 6) is 0.774. The minimum Gasteiger partial charge on any atom is -0.298 e. The lowest BCUT2D eigenvalue weighted by Crippen LogP contribution is -2.09. The second-order valence-electron chi connectivity index (χ2n) is 2.71. The zero-order valence-corrected chi connectivity index (χ0v) is 7.51. The topological polar surface area (TPSA) is 49.8 Å². The van der Waals surface area contributed by atoms with Crippen molar-refractivity contribution in [3.05, 3.63) is 48.9 Å². The average Bonchev–Trinajstić information content (AvgIpc) is 2.29. The quantitative estimate of drug-likeness (QED) is 0.719. The molecule has 2 N–H and O–H groups in total. The third kappa shape index (κ3) is 2.20. The number of rotatable bonds is 3. The molecule has 14 heavy (non-hydrogen) atoms. The van der Waals surface area contributed by atoms with Gasteiger partial charge >= 0.3 is 0 Å². The second kappa shape index (κ2) is 4.23. The largest absolute Gasteiger partial charge is 0.298 e. The van der Waals surface area contributed by atoms with Crippen LogP contribution in [0.1, 0.15) is 0 Å². The van der Waals surface area contributed by atoms with Crippen LogP contribution < -0.4 is 10.9 Å². The van der Waals surface area contributed by atoms with E-state index in [1.54, 1.807) is 18.6 Å². The van der Waals surface area contributed by atoms with E-state index in [4.69, 9.17) is 0 Å². The Morgan fingerprint density at radius 3 is 2.64 bits per heavy atom. The molecule has 2 aromatic heterocycles. The highest BCUT2D eigenvalue weighted by atomic mass is 15.4. The van der Waals surface area contributed by atoms with Gasteiger partial charge in [0.2, 0.25) is 0 Å². The molecule has 4 heteroatoms. The maximum absolute atomic E-state index is 4.10. The molecule has 0 radical (unpaired) electrons. The van der Waals surface area contributed by atoms with Crippen molar-refractivity contribution >= 4 is 11.5 Å². The Bertz CT molecular complexity index is 334. The second-order valence-corrected chi connectivity index (χ2v) is 2.71. The molecule has 0 fully saturated rings. The molecule has 2 aromatic rings. The standard InChI is InChI=1S/C10H10N4/c1-2-7-12-10(5-1)14-13-9-4-3-6-11-8-9/h1-8,13H,(H,12,14). The summed E-state index contributed by atoms with van der Waals surface area (Å²) in [5.41, 5.74) is 6.85. The monoisotopic (exact) mass is 186 g/mol. The summed E-state index contributed by atoms with van der Waals surface area (Å²) in [6, 6.07) is 9.45. The van der Waals surface area contributed by atoms with Crippen LogP contribution in [0.4, 0.5) is 11.5 Å². The molecule has 0 amide bonds. The number of hydrogen-bond donors (Lipinski definition) is 2. The van der Waals surface area contributed by atoms with Crippen molar-refractivity contribution in [2.45, 2.75) is 0 Å². The molecule has 0 saturated heterocycles. The fraction of sp³-hybridized carbons (Fsp3) is 0. The van der Waals surface area contributed by atoms with Crippen LogP contribution in [0.5, 0.6) is 0 Å². The van der Waals surface area contributed by atoms with Gasteiger partial charge in [0.1, 0.15) is 5.82 Å². The first-order chi connectivity index (χ1) is 6.95. The molecule has 0 unspecified atom stereocenters. The molecule has 0 aliphatic carbocycles. The summed E-state index contributed by atoms with van der Waals surface area (Å²) in [6.07, 6.45) is 5.19. The van der Waals surface area contributed by atoms with Gasteiger partial charge in [0.25, 0.3) is 0 Å². The summed E-state index contributed by atoms with van der Waals surface area (Å²) < 4.78 is 0. The molecule has 4 nitrogen and oxygen atoms in total. The SMILES string of the molecule is c1ccc(NNc2cccnc2)nc1. The Morgan fingerprint density at radius 1 is 0.929 bits per heavy atom. The summed E-state index contributed by atoms with van der Waals surface area (Å²) in [7, 11) is 0. The first-order valence-electron chi connectivity index (χ1n) is 4.28. The van der Waals surface area contributed by atoms with Gasteiger partial charge in [-0.2, -0.15) is 0 Å². The maximum Gasteiger partial charge on any atom is 0.144 e. The van der Waals surface area contributed by atoms with E-state index in [0.29, 0.717) is 0 Å². The van der Waals surface area contributed by atoms with E-state index in [2.05, 4.69) is 20.8 Å². The molecular formula is C10H10N4. The smallest absolute Gasteiger partial charge is 0.144 e. The van der Waals surface area contributed by atoms with Crippen LogP contribution in [0, 0.1) is 0 Å². The number of aromatic nitrogens is 2. The zero-order valence-electron chi connectivity index (χ0n) is 7.51. The Balaban J connectivity index is 1.96. The van der Waals surface area contributed by atoms with Gasteiger partial charge in [-0.3, -0.25) is 15.8 Å². The van der Waals surface area contributed by atoms with Crippen LogP contribution >= 0.6 is 0 Å². The van der Waals surface area contributed by atoms with Crippen LogP contribution in [0.25, 0.3) is 0 Å². The summed E-state index contributed by atoms with van der Waals surface area (Å²) in [5, 5.41) is 0. The van der Waals surface area contributed by atoms with Crippen LogP contribution in [0.2, 0.25) is 0 Å². The normalized spacial score (nSPS) is 9.43. The lowest BCUT2D eigenvalue weighted by Gasteiger charge is -2.07. The van der Waals surface area contributed by atoms with Crippen molar-refractivity contribution in [1.29, 1.82) is 0 Å². The first kappa shape index (κ1) is 8.50. The fourth-order valence-corrected chi connectivity index (χ4v) is 1.01. The van der Waals surface area contributed by atoms with E-state index in [0.717, 1.165) is 11.5 Å². The molecule has 0 spiro atoms. The maximum atomic E-state index is 4.10.